The van der Waals surface area contributed by atoms with E-state index in [1.807, 2.05) is 12.1 Å². The van der Waals surface area contributed by atoms with Crippen molar-refractivity contribution in [3.05, 3.63) is 81.0 Å². The molecule has 0 amide bonds. The van der Waals surface area contributed by atoms with Crippen LogP contribution < -0.4 is 9.64 Å². The van der Waals surface area contributed by atoms with Crippen molar-refractivity contribution in [2.75, 3.05) is 18.6 Å². The molecule has 0 radical (unpaired) electrons. The number of ether oxygens (including phenoxy) is 1. The highest BCUT2D eigenvalue weighted by atomic mass is 35.5. The van der Waals surface area contributed by atoms with Crippen LogP contribution in [0.4, 0.5) is 5.69 Å². The fourth-order valence-corrected chi connectivity index (χ4v) is 6.18. The molecule has 214 valence electrons. The van der Waals surface area contributed by atoms with Gasteiger partial charge in [0.1, 0.15) is 17.1 Å². The molecule has 40 heavy (non-hydrogen) atoms. The summed E-state index contributed by atoms with van der Waals surface area (Å²) >= 11 is 7.05. The molecule has 2 aliphatic rings. The molecule has 1 heterocycles. The fraction of sp³-hybridized carbons (Fsp3) is 0.441. The molecule has 0 saturated carbocycles. The smallest absolute Gasteiger partial charge is 0.339 e. The van der Waals surface area contributed by atoms with Crippen LogP contribution in [0.15, 0.2) is 64.3 Å². The van der Waals surface area contributed by atoms with E-state index in [9.17, 15) is 15.0 Å². The zero-order valence-corrected chi connectivity index (χ0v) is 25.0. The van der Waals surface area contributed by atoms with Crippen molar-refractivity contribution >= 4 is 29.3 Å². The Balaban J connectivity index is 1.69. The summed E-state index contributed by atoms with van der Waals surface area (Å²) in [6, 6.07) is 11.0. The average Bonchev–Trinajstić information content (AvgIpc) is 3.14. The molecule has 2 aromatic carbocycles. The lowest BCUT2D eigenvalue weighted by molar-refractivity contribution is 0.0693. The number of methoxy groups -OCH3 is 1. The van der Waals surface area contributed by atoms with Gasteiger partial charge in [0.15, 0.2) is 0 Å². The van der Waals surface area contributed by atoms with Crippen molar-refractivity contribution in [3.8, 4) is 11.5 Å². The number of carboxylic acid groups (broad SMARTS) is 1. The standard InChI is InChI=1S/C34H42ClNO4/c1-5-6-7-8-9-10-18-36-29-16-15-26(40-4)22-28(29)34(2,3)31(36)21-25-13-11-12-24(32(25)35)19-23-14-17-30(37)27(20-23)33(38)39/h14-17,19-22,37H,5-13,18H2,1-4H3,(H,38,39). The molecule has 0 spiro atoms. The Morgan fingerprint density at radius 2 is 1.80 bits per heavy atom. The summed E-state index contributed by atoms with van der Waals surface area (Å²) in [6.45, 7) is 7.75. The first-order chi connectivity index (χ1) is 19.2. The largest absolute Gasteiger partial charge is 0.507 e. The summed E-state index contributed by atoms with van der Waals surface area (Å²) in [5, 5.41) is 20.0. The van der Waals surface area contributed by atoms with Crippen LogP contribution in [0.1, 0.15) is 100 Å². The number of hydrogen-bond donors (Lipinski definition) is 2. The van der Waals surface area contributed by atoms with Gasteiger partial charge in [-0.1, -0.05) is 76.6 Å². The number of phenols is 1. The first kappa shape index (κ1) is 29.8. The highest BCUT2D eigenvalue weighted by Gasteiger charge is 2.40. The summed E-state index contributed by atoms with van der Waals surface area (Å²) in [7, 11) is 1.71. The minimum Gasteiger partial charge on any atom is -0.507 e. The van der Waals surface area contributed by atoms with Gasteiger partial charge in [0, 0.05) is 28.4 Å². The summed E-state index contributed by atoms with van der Waals surface area (Å²) in [4.78, 5) is 14.0. The number of anilines is 1. The molecule has 0 atom stereocenters. The van der Waals surface area contributed by atoms with Gasteiger partial charge in [-0.05, 0) is 84.4 Å². The van der Waals surface area contributed by atoms with Crippen molar-refractivity contribution in [3.63, 3.8) is 0 Å². The predicted octanol–water partition coefficient (Wildman–Crippen LogP) is 9.20. The van der Waals surface area contributed by atoms with Crippen molar-refractivity contribution in [1.82, 2.24) is 0 Å². The highest BCUT2D eigenvalue weighted by Crippen LogP contribution is 2.50. The monoisotopic (exact) mass is 563 g/mol. The van der Waals surface area contributed by atoms with Crippen molar-refractivity contribution in [1.29, 1.82) is 0 Å². The maximum Gasteiger partial charge on any atom is 0.339 e. The third-order valence-corrected chi connectivity index (χ3v) is 8.68. The van der Waals surface area contributed by atoms with Gasteiger partial charge >= 0.3 is 5.97 Å². The Hall–Kier alpha value is -3.18. The van der Waals surface area contributed by atoms with E-state index in [1.54, 1.807) is 13.2 Å². The number of carbonyl (C=O) groups is 1. The number of aromatic carboxylic acids is 1. The zero-order chi connectivity index (χ0) is 28.9. The average molecular weight is 564 g/mol. The van der Waals surface area contributed by atoms with Gasteiger partial charge in [0.2, 0.25) is 0 Å². The topological polar surface area (TPSA) is 70.0 Å². The number of unbranched alkanes of at least 4 members (excludes halogenated alkanes) is 5. The maximum atomic E-state index is 11.5. The Kier molecular flexibility index (Phi) is 9.68. The number of benzene rings is 2. The van der Waals surface area contributed by atoms with E-state index >= 15 is 0 Å². The first-order valence-electron chi connectivity index (χ1n) is 14.5. The molecule has 1 aliphatic carbocycles. The molecule has 4 rings (SSSR count). The summed E-state index contributed by atoms with van der Waals surface area (Å²) < 4.78 is 5.58. The van der Waals surface area contributed by atoms with Gasteiger partial charge in [0.25, 0.3) is 0 Å². The van der Waals surface area contributed by atoms with E-state index in [1.165, 1.54) is 61.2 Å². The summed E-state index contributed by atoms with van der Waals surface area (Å²) in [6.07, 6.45) is 14.4. The van der Waals surface area contributed by atoms with Crippen LogP contribution >= 0.6 is 11.6 Å². The Bertz CT molecular complexity index is 1340. The Morgan fingerprint density at radius 3 is 2.52 bits per heavy atom. The van der Waals surface area contributed by atoms with Crippen LogP contribution in [0.2, 0.25) is 0 Å². The number of aromatic hydroxyl groups is 1. The second-order valence-electron chi connectivity index (χ2n) is 11.4. The Labute approximate surface area is 243 Å². The molecule has 2 N–H and O–H groups in total. The van der Waals surface area contributed by atoms with Gasteiger partial charge in [-0.2, -0.15) is 0 Å². The van der Waals surface area contributed by atoms with Crippen LogP contribution in [0.5, 0.6) is 11.5 Å². The fourth-order valence-electron chi connectivity index (χ4n) is 5.88. The second kappa shape index (κ2) is 13.0. The van der Waals surface area contributed by atoms with E-state index in [2.05, 4.69) is 43.9 Å². The zero-order valence-electron chi connectivity index (χ0n) is 24.2. The van der Waals surface area contributed by atoms with E-state index in [4.69, 9.17) is 16.3 Å². The SMILES string of the molecule is CCCCCCCCN1C(=CC2=C(Cl)C(=Cc3ccc(O)c(C(=O)O)c3)CCC2)C(C)(C)c2cc(OC)ccc21. The predicted molar refractivity (Wildman–Crippen MR) is 165 cm³/mol. The number of allylic oxidation sites excluding steroid dienone is 5. The molecule has 2 aromatic rings. The van der Waals surface area contributed by atoms with Crippen molar-refractivity contribution < 1.29 is 19.7 Å². The van der Waals surface area contributed by atoms with Gasteiger partial charge in [-0.25, -0.2) is 4.79 Å². The number of carboxylic acids is 1. The van der Waals surface area contributed by atoms with Gasteiger partial charge in [0.05, 0.1) is 7.11 Å². The number of rotatable bonds is 11. The summed E-state index contributed by atoms with van der Waals surface area (Å²) in [5.74, 6) is -0.531. The van der Waals surface area contributed by atoms with Crippen LogP contribution in [-0.4, -0.2) is 29.8 Å². The minimum atomic E-state index is -1.15. The van der Waals surface area contributed by atoms with E-state index in [-0.39, 0.29) is 16.7 Å². The molecule has 6 heteroatoms. The van der Waals surface area contributed by atoms with Crippen molar-refractivity contribution in [2.24, 2.45) is 0 Å². The normalized spacial score (nSPS) is 18.5. The number of nitrogens with zero attached hydrogens (tertiary/aromatic N) is 1. The molecule has 0 fully saturated rings. The molecular formula is C34H42ClNO4. The van der Waals surface area contributed by atoms with Crippen molar-refractivity contribution in [2.45, 2.75) is 84.0 Å². The lowest BCUT2D eigenvalue weighted by atomic mass is 9.82. The minimum absolute atomic E-state index is 0.112. The van der Waals surface area contributed by atoms with Gasteiger partial charge in [-0.15, -0.1) is 0 Å². The summed E-state index contributed by atoms with van der Waals surface area (Å²) in [5.41, 5.74) is 6.21. The molecule has 5 nitrogen and oxygen atoms in total. The third kappa shape index (κ3) is 6.41. The van der Waals surface area contributed by atoms with Gasteiger partial charge < -0.3 is 19.8 Å². The molecule has 0 saturated heterocycles. The first-order valence-corrected chi connectivity index (χ1v) is 14.9. The lowest BCUT2D eigenvalue weighted by Crippen LogP contribution is -2.27. The molecule has 0 bridgehead atoms. The molecule has 0 aromatic heterocycles. The maximum absolute atomic E-state index is 11.5. The van der Waals surface area contributed by atoms with Crippen LogP contribution in [0, 0.1) is 0 Å². The highest BCUT2D eigenvalue weighted by molar-refractivity contribution is 6.33. The van der Waals surface area contributed by atoms with E-state index in [0.29, 0.717) is 5.56 Å². The number of halogens is 1. The van der Waals surface area contributed by atoms with Gasteiger partial charge in [-0.3, -0.25) is 0 Å². The molecule has 1 aliphatic heterocycles. The molecule has 0 unspecified atom stereocenters. The van der Waals surface area contributed by atoms with Crippen LogP contribution in [0.25, 0.3) is 6.08 Å². The van der Waals surface area contributed by atoms with E-state index < -0.39 is 5.97 Å². The number of hydrogen-bond acceptors (Lipinski definition) is 4. The van der Waals surface area contributed by atoms with E-state index in [0.717, 1.165) is 54.2 Å². The van der Waals surface area contributed by atoms with Crippen LogP contribution in [0.3, 0.4) is 0 Å². The third-order valence-electron chi connectivity index (χ3n) is 8.19. The number of fused-ring (bicyclic) bond motifs is 1. The Morgan fingerprint density at radius 1 is 1.05 bits per heavy atom. The van der Waals surface area contributed by atoms with Crippen LogP contribution in [-0.2, 0) is 5.41 Å². The lowest BCUT2D eigenvalue weighted by Gasteiger charge is -2.29. The quantitative estimate of drug-likeness (QED) is 0.267. The second-order valence-corrected chi connectivity index (χ2v) is 11.8. The molecular weight excluding hydrogens is 522 g/mol.